The van der Waals surface area contributed by atoms with Crippen LogP contribution in [0.15, 0.2) is 35.6 Å². The Labute approximate surface area is 142 Å². The number of aliphatic imine (C=N–C) groups is 1. The first-order valence-corrected chi connectivity index (χ1v) is 8.09. The molecule has 124 valence electrons. The number of pyridine rings is 1. The van der Waals surface area contributed by atoms with Crippen LogP contribution in [-0.2, 0) is 5.41 Å². The van der Waals surface area contributed by atoms with Gasteiger partial charge in [0.15, 0.2) is 0 Å². The van der Waals surface area contributed by atoms with Crippen LogP contribution in [0.4, 0.5) is 11.6 Å². The zero-order valence-electron chi connectivity index (χ0n) is 14.3. The van der Waals surface area contributed by atoms with Gasteiger partial charge in [0.05, 0.1) is 34.2 Å². The Kier molecular flexibility index (Phi) is 3.00. The lowest BCUT2D eigenvalue weighted by Crippen LogP contribution is -2.34. The Bertz CT molecular complexity index is 990. The number of fused-ring (bicyclic) bond motifs is 2. The summed E-state index contributed by atoms with van der Waals surface area (Å²) in [4.78, 5) is 13.8. The second-order valence-corrected chi connectivity index (χ2v) is 6.79. The number of nitrogens with two attached hydrogens (primary N) is 1. The van der Waals surface area contributed by atoms with E-state index < -0.39 is 0 Å². The van der Waals surface area contributed by atoms with Gasteiger partial charge >= 0.3 is 0 Å². The molecule has 0 aromatic carbocycles. The molecule has 3 aromatic heterocycles. The van der Waals surface area contributed by atoms with Crippen LogP contribution in [0.1, 0.15) is 34.8 Å². The molecule has 6 heteroatoms. The number of nitrogen functional groups attached to an aromatic ring is 1. The first-order valence-electron chi connectivity index (χ1n) is 8.09. The standard InChI is InChI=1S/C18H20N6.H2/c1-10(2)18(4)11(3)21-14-6-5-13(22-16(14)18)12-7-8-24-15(12)9-20-17(19)23-24;/h5-10H,1-4H3,(H2,19,23);1H. The minimum absolute atomic E-state index is 0. The highest BCUT2D eigenvalue weighted by Gasteiger charge is 2.41. The predicted molar refractivity (Wildman–Crippen MR) is 97.7 cm³/mol. The van der Waals surface area contributed by atoms with Crippen LogP contribution in [-0.4, -0.2) is 25.3 Å². The van der Waals surface area contributed by atoms with E-state index in [2.05, 4.69) is 43.8 Å². The van der Waals surface area contributed by atoms with Crippen molar-refractivity contribution < 1.29 is 1.43 Å². The highest BCUT2D eigenvalue weighted by atomic mass is 15.3. The van der Waals surface area contributed by atoms with Crippen LogP contribution in [0.25, 0.3) is 16.8 Å². The van der Waals surface area contributed by atoms with Gasteiger partial charge in [0, 0.05) is 18.9 Å². The molecule has 4 heterocycles. The Morgan fingerprint density at radius 3 is 2.79 bits per heavy atom. The van der Waals surface area contributed by atoms with Gasteiger partial charge in [0.2, 0.25) is 5.95 Å². The summed E-state index contributed by atoms with van der Waals surface area (Å²) in [7, 11) is 0. The van der Waals surface area contributed by atoms with Gasteiger partial charge in [-0.25, -0.2) is 14.5 Å². The van der Waals surface area contributed by atoms with Gasteiger partial charge in [-0.2, -0.15) is 0 Å². The molecule has 0 aliphatic carbocycles. The Morgan fingerprint density at radius 1 is 1.25 bits per heavy atom. The first kappa shape index (κ1) is 14.8. The van der Waals surface area contributed by atoms with E-state index in [-0.39, 0.29) is 12.8 Å². The highest BCUT2D eigenvalue weighted by Crippen LogP contribution is 2.44. The fourth-order valence-corrected chi connectivity index (χ4v) is 3.36. The van der Waals surface area contributed by atoms with Crippen molar-refractivity contribution in [3.05, 3.63) is 36.3 Å². The summed E-state index contributed by atoms with van der Waals surface area (Å²) >= 11 is 0. The maximum Gasteiger partial charge on any atom is 0.238 e. The van der Waals surface area contributed by atoms with Crippen LogP contribution in [0.3, 0.4) is 0 Å². The van der Waals surface area contributed by atoms with E-state index in [4.69, 9.17) is 15.7 Å². The monoisotopic (exact) mass is 322 g/mol. The maximum atomic E-state index is 5.66. The molecular weight excluding hydrogens is 300 g/mol. The lowest BCUT2D eigenvalue weighted by molar-refractivity contribution is 0.446. The third kappa shape index (κ3) is 1.89. The normalized spacial score (nSPS) is 19.8. The molecule has 4 rings (SSSR count). The van der Waals surface area contributed by atoms with Gasteiger partial charge in [-0.05, 0) is 38.0 Å². The molecular formula is C18H22N6. The summed E-state index contributed by atoms with van der Waals surface area (Å²) < 4.78 is 1.73. The number of anilines is 1. The zero-order chi connectivity index (χ0) is 17.1. The molecule has 1 aliphatic heterocycles. The van der Waals surface area contributed by atoms with Gasteiger partial charge in [-0.3, -0.25) is 4.99 Å². The van der Waals surface area contributed by atoms with E-state index in [0.29, 0.717) is 5.92 Å². The second-order valence-electron chi connectivity index (χ2n) is 6.79. The average molecular weight is 322 g/mol. The van der Waals surface area contributed by atoms with Gasteiger partial charge in [-0.15, -0.1) is 5.10 Å². The Hall–Kier alpha value is -2.76. The molecule has 0 amide bonds. The first-order chi connectivity index (χ1) is 11.4. The molecule has 0 spiro atoms. The van der Waals surface area contributed by atoms with Gasteiger partial charge in [0.1, 0.15) is 0 Å². The van der Waals surface area contributed by atoms with Crippen molar-refractivity contribution in [2.75, 3.05) is 5.73 Å². The molecule has 3 aromatic rings. The smallest absolute Gasteiger partial charge is 0.238 e. The number of hydrogen-bond acceptors (Lipinski definition) is 5. The minimum Gasteiger partial charge on any atom is -0.367 e. The van der Waals surface area contributed by atoms with Crippen molar-refractivity contribution in [1.29, 1.82) is 0 Å². The Morgan fingerprint density at radius 2 is 2.04 bits per heavy atom. The summed E-state index contributed by atoms with van der Waals surface area (Å²) in [5, 5.41) is 4.20. The molecule has 1 aliphatic rings. The van der Waals surface area contributed by atoms with Crippen LogP contribution < -0.4 is 5.73 Å². The van der Waals surface area contributed by atoms with E-state index >= 15 is 0 Å². The van der Waals surface area contributed by atoms with Crippen molar-refractivity contribution >= 4 is 22.9 Å². The van der Waals surface area contributed by atoms with E-state index in [1.807, 2.05) is 18.3 Å². The molecule has 0 bridgehead atoms. The quantitative estimate of drug-likeness (QED) is 0.781. The third-order valence-corrected chi connectivity index (χ3v) is 5.27. The maximum absolute atomic E-state index is 5.66. The van der Waals surface area contributed by atoms with E-state index in [1.165, 1.54) is 0 Å². The number of rotatable bonds is 2. The van der Waals surface area contributed by atoms with Gasteiger partial charge in [-0.1, -0.05) is 13.8 Å². The predicted octanol–water partition coefficient (Wildman–Crippen LogP) is 3.64. The molecule has 1 atom stereocenters. The Balaban J connectivity index is 0.00000182. The van der Waals surface area contributed by atoms with Crippen LogP contribution in [0.5, 0.6) is 0 Å². The van der Waals surface area contributed by atoms with Crippen molar-refractivity contribution in [2.24, 2.45) is 10.9 Å². The fourth-order valence-electron chi connectivity index (χ4n) is 3.36. The van der Waals surface area contributed by atoms with Crippen molar-refractivity contribution in [3.63, 3.8) is 0 Å². The van der Waals surface area contributed by atoms with Crippen molar-refractivity contribution in [3.8, 4) is 11.3 Å². The average Bonchev–Trinajstić information content (AvgIpc) is 3.07. The van der Waals surface area contributed by atoms with Crippen LogP contribution in [0.2, 0.25) is 0 Å². The lowest BCUT2D eigenvalue weighted by atomic mass is 9.73. The molecule has 2 N–H and O–H groups in total. The zero-order valence-corrected chi connectivity index (χ0v) is 14.3. The lowest BCUT2D eigenvalue weighted by Gasteiger charge is -2.29. The molecule has 0 saturated heterocycles. The molecule has 0 saturated carbocycles. The number of aromatic nitrogens is 4. The van der Waals surface area contributed by atoms with Crippen LogP contribution in [0, 0.1) is 5.92 Å². The summed E-state index contributed by atoms with van der Waals surface area (Å²) in [6.07, 6.45) is 3.61. The minimum atomic E-state index is -0.137. The van der Waals surface area contributed by atoms with E-state index in [0.717, 1.165) is 33.9 Å². The second kappa shape index (κ2) is 4.87. The van der Waals surface area contributed by atoms with E-state index in [1.54, 1.807) is 10.7 Å². The number of hydrogen-bond donors (Lipinski definition) is 1. The summed E-state index contributed by atoms with van der Waals surface area (Å²) in [6, 6.07) is 6.05. The van der Waals surface area contributed by atoms with E-state index in [9.17, 15) is 0 Å². The number of nitrogens with zero attached hydrogens (tertiary/aromatic N) is 5. The SMILES string of the molecule is CC1=Nc2ccc(-c3ccn4nc(N)ncc34)nc2C1(C)C(C)C.[HH]. The van der Waals surface area contributed by atoms with Gasteiger partial charge in [0.25, 0.3) is 0 Å². The molecule has 0 fully saturated rings. The third-order valence-electron chi connectivity index (χ3n) is 5.27. The summed E-state index contributed by atoms with van der Waals surface area (Å²) in [5.41, 5.74) is 11.4. The van der Waals surface area contributed by atoms with Crippen molar-refractivity contribution in [2.45, 2.75) is 33.1 Å². The summed E-state index contributed by atoms with van der Waals surface area (Å²) in [5.74, 6) is 0.669. The highest BCUT2D eigenvalue weighted by molar-refractivity contribution is 5.99. The largest absolute Gasteiger partial charge is 0.367 e. The molecule has 24 heavy (non-hydrogen) atoms. The molecule has 6 nitrogen and oxygen atoms in total. The van der Waals surface area contributed by atoms with Gasteiger partial charge < -0.3 is 5.73 Å². The summed E-state index contributed by atoms with van der Waals surface area (Å²) in [6.45, 7) is 8.74. The van der Waals surface area contributed by atoms with Crippen molar-refractivity contribution in [1.82, 2.24) is 19.6 Å². The topological polar surface area (TPSA) is 81.5 Å². The van der Waals surface area contributed by atoms with Crippen LogP contribution >= 0.6 is 0 Å². The fraction of sp³-hybridized carbons (Fsp3) is 0.333. The molecule has 0 radical (unpaired) electrons. The molecule has 1 unspecified atom stereocenters.